The van der Waals surface area contributed by atoms with Gasteiger partial charge in [0.2, 0.25) is 0 Å². The molecule has 102 valence electrons. The number of rotatable bonds is 3. The van der Waals surface area contributed by atoms with E-state index in [9.17, 15) is 0 Å². The highest BCUT2D eigenvalue weighted by Gasteiger charge is 2.15. The van der Waals surface area contributed by atoms with Gasteiger partial charge in [0.05, 0.1) is 24.4 Å². The van der Waals surface area contributed by atoms with E-state index in [1.807, 2.05) is 12.1 Å². The van der Waals surface area contributed by atoms with Gasteiger partial charge in [-0.1, -0.05) is 12.1 Å². The Morgan fingerprint density at radius 3 is 2.79 bits per heavy atom. The third-order valence-electron chi connectivity index (χ3n) is 3.85. The first-order chi connectivity index (χ1) is 9.29. The van der Waals surface area contributed by atoms with Crippen LogP contribution in [0.3, 0.4) is 0 Å². The fourth-order valence-corrected chi connectivity index (χ4v) is 2.84. The molecule has 0 radical (unpaired) electrons. The van der Waals surface area contributed by atoms with Crippen LogP contribution in [0, 0.1) is 0 Å². The number of hydrogen-bond acceptors (Lipinski definition) is 3. The van der Waals surface area contributed by atoms with Crippen LogP contribution in [0.2, 0.25) is 0 Å². The Hall–Kier alpha value is -1.52. The lowest BCUT2D eigenvalue weighted by atomic mass is 10.1. The van der Waals surface area contributed by atoms with Gasteiger partial charge in [0.25, 0.3) is 0 Å². The number of anilines is 1. The molecule has 0 bridgehead atoms. The predicted molar refractivity (Wildman–Crippen MR) is 78.1 cm³/mol. The largest absolute Gasteiger partial charge is 0.397 e. The second kappa shape index (κ2) is 5.23. The summed E-state index contributed by atoms with van der Waals surface area (Å²) < 4.78 is 7.65. The molecule has 4 nitrogen and oxygen atoms in total. The minimum atomic E-state index is 0.842. The van der Waals surface area contributed by atoms with Gasteiger partial charge in [-0.25, -0.2) is 0 Å². The number of fused-ring (bicyclic) bond motifs is 1. The SMILES string of the molecule is CCn1cc(CN2CCOCC2)c2cccc(N)c21. The van der Waals surface area contributed by atoms with Gasteiger partial charge in [0.1, 0.15) is 0 Å². The highest BCUT2D eigenvalue weighted by molar-refractivity contribution is 5.93. The fraction of sp³-hybridized carbons (Fsp3) is 0.467. The third kappa shape index (κ3) is 2.33. The van der Waals surface area contributed by atoms with Crippen LogP contribution in [-0.2, 0) is 17.8 Å². The van der Waals surface area contributed by atoms with Crippen molar-refractivity contribution in [2.45, 2.75) is 20.0 Å². The van der Waals surface area contributed by atoms with Crippen LogP contribution in [-0.4, -0.2) is 35.8 Å². The summed E-state index contributed by atoms with van der Waals surface area (Å²) in [5.74, 6) is 0. The standard InChI is InChI=1S/C15H21N3O/c1-2-18-11-12(10-17-6-8-19-9-7-17)13-4-3-5-14(16)15(13)18/h3-5,11H,2,6-10,16H2,1H3. The number of aromatic nitrogens is 1. The first kappa shape index (κ1) is 12.5. The van der Waals surface area contributed by atoms with E-state index in [1.165, 1.54) is 16.5 Å². The van der Waals surface area contributed by atoms with Crippen molar-refractivity contribution in [3.8, 4) is 0 Å². The normalized spacial score (nSPS) is 17.1. The minimum absolute atomic E-state index is 0.842. The number of aryl methyl sites for hydroxylation is 1. The zero-order valence-corrected chi connectivity index (χ0v) is 11.4. The molecule has 1 aliphatic rings. The molecule has 0 atom stereocenters. The molecule has 1 fully saturated rings. The van der Waals surface area contributed by atoms with Crippen LogP contribution in [0.4, 0.5) is 5.69 Å². The molecule has 3 rings (SSSR count). The van der Waals surface area contributed by atoms with Gasteiger partial charge < -0.3 is 15.0 Å². The number of nitrogen functional groups attached to an aromatic ring is 1. The predicted octanol–water partition coefficient (Wildman–Crippen LogP) is 2.08. The van der Waals surface area contributed by atoms with Crippen molar-refractivity contribution in [3.63, 3.8) is 0 Å². The van der Waals surface area contributed by atoms with Crippen LogP contribution in [0.5, 0.6) is 0 Å². The monoisotopic (exact) mass is 259 g/mol. The quantitative estimate of drug-likeness (QED) is 0.858. The maximum Gasteiger partial charge on any atom is 0.0717 e. The molecule has 1 aromatic carbocycles. The molecule has 0 amide bonds. The first-order valence-electron chi connectivity index (χ1n) is 6.96. The fourth-order valence-electron chi connectivity index (χ4n) is 2.84. The molecular formula is C15H21N3O. The molecule has 1 aliphatic heterocycles. The average molecular weight is 259 g/mol. The van der Waals surface area contributed by atoms with Crippen molar-refractivity contribution in [1.29, 1.82) is 0 Å². The van der Waals surface area contributed by atoms with E-state index in [2.05, 4.69) is 28.7 Å². The zero-order valence-electron chi connectivity index (χ0n) is 11.4. The Labute approximate surface area is 113 Å². The second-order valence-corrected chi connectivity index (χ2v) is 5.07. The summed E-state index contributed by atoms with van der Waals surface area (Å²) in [6.45, 7) is 7.81. The molecule has 1 aromatic heterocycles. The topological polar surface area (TPSA) is 43.4 Å². The number of benzene rings is 1. The molecule has 0 spiro atoms. The van der Waals surface area contributed by atoms with Crippen LogP contribution in [0.15, 0.2) is 24.4 Å². The van der Waals surface area contributed by atoms with Gasteiger partial charge in [0.15, 0.2) is 0 Å². The second-order valence-electron chi connectivity index (χ2n) is 5.07. The van der Waals surface area contributed by atoms with Crippen LogP contribution in [0.25, 0.3) is 10.9 Å². The van der Waals surface area contributed by atoms with Crippen LogP contribution >= 0.6 is 0 Å². The Morgan fingerprint density at radius 1 is 1.26 bits per heavy atom. The molecule has 0 aliphatic carbocycles. The van der Waals surface area contributed by atoms with Crippen molar-refractivity contribution >= 4 is 16.6 Å². The van der Waals surface area contributed by atoms with Crippen LogP contribution < -0.4 is 5.73 Å². The summed E-state index contributed by atoms with van der Waals surface area (Å²) in [7, 11) is 0. The summed E-state index contributed by atoms with van der Waals surface area (Å²) in [4.78, 5) is 2.45. The Kier molecular flexibility index (Phi) is 3.44. The maximum atomic E-state index is 6.12. The van der Waals surface area contributed by atoms with Crippen LogP contribution in [0.1, 0.15) is 12.5 Å². The lowest BCUT2D eigenvalue weighted by molar-refractivity contribution is 0.0343. The van der Waals surface area contributed by atoms with Crippen molar-refractivity contribution in [3.05, 3.63) is 30.0 Å². The van der Waals surface area contributed by atoms with Crippen molar-refractivity contribution < 1.29 is 4.74 Å². The zero-order chi connectivity index (χ0) is 13.2. The van der Waals surface area contributed by atoms with E-state index >= 15 is 0 Å². The molecule has 2 N–H and O–H groups in total. The van der Waals surface area contributed by atoms with E-state index in [-0.39, 0.29) is 0 Å². The summed E-state index contributed by atoms with van der Waals surface area (Å²) in [6.07, 6.45) is 2.25. The van der Waals surface area contributed by atoms with Gasteiger partial charge in [-0.3, -0.25) is 4.90 Å². The molecule has 1 saturated heterocycles. The van der Waals surface area contributed by atoms with Crippen molar-refractivity contribution in [2.24, 2.45) is 0 Å². The van der Waals surface area contributed by atoms with Gasteiger partial charge in [-0.15, -0.1) is 0 Å². The van der Waals surface area contributed by atoms with Gasteiger partial charge >= 0.3 is 0 Å². The third-order valence-corrected chi connectivity index (χ3v) is 3.85. The molecule has 4 heteroatoms. The van der Waals surface area contributed by atoms with E-state index in [4.69, 9.17) is 10.5 Å². The Balaban J connectivity index is 1.96. The number of nitrogens with two attached hydrogens (primary N) is 1. The van der Waals surface area contributed by atoms with Gasteiger partial charge in [-0.2, -0.15) is 0 Å². The van der Waals surface area contributed by atoms with E-state index in [0.29, 0.717) is 0 Å². The number of morpholine rings is 1. The first-order valence-corrected chi connectivity index (χ1v) is 6.96. The van der Waals surface area contributed by atoms with Crippen molar-refractivity contribution in [2.75, 3.05) is 32.0 Å². The molecule has 2 aromatic rings. The lowest BCUT2D eigenvalue weighted by Gasteiger charge is -2.26. The summed E-state index contributed by atoms with van der Waals surface area (Å²) >= 11 is 0. The maximum absolute atomic E-state index is 6.12. The minimum Gasteiger partial charge on any atom is -0.397 e. The summed E-state index contributed by atoms with van der Waals surface area (Å²) in [6, 6.07) is 6.20. The summed E-state index contributed by atoms with van der Waals surface area (Å²) in [5.41, 5.74) is 9.53. The van der Waals surface area contributed by atoms with Gasteiger partial charge in [0, 0.05) is 37.8 Å². The lowest BCUT2D eigenvalue weighted by Crippen LogP contribution is -2.35. The molecule has 0 unspecified atom stereocenters. The average Bonchev–Trinajstić information content (AvgIpc) is 2.80. The molecule has 2 heterocycles. The smallest absolute Gasteiger partial charge is 0.0717 e. The van der Waals surface area contributed by atoms with E-state index < -0.39 is 0 Å². The summed E-state index contributed by atoms with van der Waals surface area (Å²) in [5, 5.41) is 1.29. The van der Waals surface area contributed by atoms with Gasteiger partial charge in [-0.05, 0) is 18.6 Å². The number of para-hydroxylation sites is 1. The van der Waals surface area contributed by atoms with E-state index in [0.717, 1.165) is 45.1 Å². The number of nitrogens with zero attached hydrogens (tertiary/aromatic N) is 2. The Morgan fingerprint density at radius 2 is 2.05 bits per heavy atom. The Bertz CT molecular complexity index is 570. The molecular weight excluding hydrogens is 238 g/mol. The molecule has 19 heavy (non-hydrogen) atoms. The number of hydrogen-bond donors (Lipinski definition) is 1. The number of ether oxygens (including phenoxy) is 1. The van der Waals surface area contributed by atoms with E-state index in [1.54, 1.807) is 0 Å². The molecule has 0 saturated carbocycles. The highest BCUT2D eigenvalue weighted by Crippen LogP contribution is 2.27. The van der Waals surface area contributed by atoms with Crippen molar-refractivity contribution in [1.82, 2.24) is 9.47 Å². The highest BCUT2D eigenvalue weighted by atomic mass is 16.5.